The molecule has 3 aromatic carbocycles. The van der Waals surface area contributed by atoms with Crippen molar-refractivity contribution in [3.63, 3.8) is 0 Å². The fourth-order valence-electron chi connectivity index (χ4n) is 4.84. The predicted molar refractivity (Wildman–Crippen MR) is 185 cm³/mol. The summed E-state index contributed by atoms with van der Waals surface area (Å²) in [4.78, 5) is 32.5. The molecule has 0 fully saturated rings. The van der Waals surface area contributed by atoms with Crippen LogP contribution in [0.2, 0.25) is 5.02 Å². The molecule has 0 radical (unpaired) electrons. The second kappa shape index (κ2) is 14.0. The van der Waals surface area contributed by atoms with Crippen molar-refractivity contribution in [3.8, 4) is 11.5 Å². The third-order valence-electron chi connectivity index (χ3n) is 6.71. The number of hydrogen-bond donors (Lipinski definition) is 0. The van der Waals surface area contributed by atoms with Gasteiger partial charge in [0.1, 0.15) is 18.4 Å². The average molecular weight is 808 g/mol. The second-order valence-electron chi connectivity index (χ2n) is 10.2. The zero-order valence-electron chi connectivity index (χ0n) is 24.4. The molecule has 0 saturated heterocycles. The summed E-state index contributed by atoms with van der Waals surface area (Å²) in [5, 5.41) is 0.405. The van der Waals surface area contributed by atoms with E-state index in [1.54, 1.807) is 30.6 Å². The minimum atomic E-state index is -0.783. The molecule has 0 bridgehead atoms. The maximum absolute atomic E-state index is 14.1. The van der Waals surface area contributed by atoms with E-state index in [9.17, 15) is 9.59 Å². The molecule has 4 aromatic rings. The van der Waals surface area contributed by atoms with Crippen LogP contribution in [-0.2, 0) is 16.1 Å². The first-order valence-corrected chi connectivity index (χ1v) is 17.0. The van der Waals surface area contributed by atoms with Crippen LogP contribution in [0.25, 0.3) is 6.08 Å². The zero-order chi connectivity index (χ0) is 31.5. The molecule has 0 saturated carbocycles. The molecular weight excluding hydrogens is 779 g/mol. The molecule has 11 heteroatoms. The Morgan fingerprint density at radius 2 is 1.91 bits per heavy atom. The molecule has 1 aromatic heterocycles. The highest BCUT2D eigenvalue weighted by atomic mass is 127. The first kappa shape index (κ1) is 32.5. The van der Waals surface area contributed by atoms with E-state index in [4.69, 9.17) is 25.8 Å². The number of halogens is 3. The maximum atomic E-state index is 14.1. The van der Waals surface area contributed by atoms with E-state index in [0.29, 0.717) is 59.3 Å². The molecule has 1 aliphatic rings. The number of para-hydroxylation sites is 1. The molecule has 44 heavy (non-hydrogen) atoms. The number of fused-ring (bicyclic) bond motifs is 1. The SMILES string of the molecule is CCOC(=O)C1=C(C)N=c2s/c(=C/c3cc(Cl)c(OCc4ccc(I)cc4)c(Br)c3)c(=O)n2[C@@H]1c1ccccc1OC(C)C. The van der Waals surface area contributed by atoms with Gasteiger partial charge < -0.3 is 14.2 Å². The van der Waals surface area contributed by atoms with Gasteiger partial charge in [-0.15, -0.1) is 0 Å². The van der Waals surface area contributed by atoms with E-state index in [1.807, 2.05) is 68.4 Å². The van der Waals surface area contributed by atoms with Crippen LogP contribution in [0.3, 0.4) is 0 Å². The molecular formula is C33H29BrClIN2O5S. The molecule has 228 valence electrons. The zero-order valence-corrected chi connectivity index (χ0v) is 29.7. The van der Waals surface area contributed by atoms with Crippen LogP contribution in [0.5, 0.6) is 11.5 Å². The molecule has 0 spiro atoms. The van der Waals surface area contributed by atoms with Gasteiger partial charge in [0.05, 0.1) is 38.0 Å². The number of esters is 1. The van der Waals surface area contributed by atoms with Crippen LogP contribution < -0.4 is 24.4 Å². The number of benzene rings is 3. The Hall–Kier alpha value is -2.93. The Labute approximate surface area is 286 Å². The molecule has 0 amide bonds. The van der Waals surface area contributed by atoms with E-state index in [1.165, 1.54) is 11.3 Å². The van der Waals surface area contributed by atoms with Crippen LogP contribution >= 0.6 is 61.5 Å². The molecule has 5 rings (SSSR count). The minimum Gasteiger partial charge on any atom is -0.491 e. The first-order valence-electron chi connectivity index (χ1n) is 13.9. The maximum Gasteiger partial charge on any atom is 0.338 e. The molecule has 0 unspecified atom stereocenters. The molecule has 0 aliphatic carbocycles. The number of rotatable bonds is 9. The van der Waals surface area contributed by atoms with Crippen molar-refractivity contribution >= 4 is 73.5 Å². The summed E-state index contributed by atoms with van der Waals surface area (Å²) in [6, 6.07) is 18.3. The lowest BCUT2D eigenvalue weighted by Gasteiger charge is -2.26. The summed E-state index contributed by atoms with van der Waals surface area (Å²) in [7, 11) is 0. The van der Waals surface area contributed by atoms with Gasteiger partial charge in [-0.25, -0.2) is 9.79 Å². The van der Waals surface area contributed by atoms with Crippen molar-refractivity contribution < 1.29 is 19.0 Å². The van der Waals surface area contributed by atoms with Gasteiger partial charge in [0.15, 0.2) is 10.6 Å². The lowest BCUT2D eigenvalue weighted by atomic mass is 9.95. The van der Waals surface area contributed by atoms with Gasteiger partial charge in [-0.2, -0.15) is 0 Å². The molecule has 0 N–H and O–H groups in total. The van der Waals surface area contributed by atoms with E-state index in [0.717, 1.165) is 9.13 Å². The number of ether oxygens (including phenoxy) is 3. The van der Waals surface area contributed by atoms with E-state index >= 15 is 0 Å². The first-order chi connectivity index (χ1) is 21.1. The van der Waals surface area contributed by atoms with Gasteiger partial charge in [0.2, 0.25) is 0 Å². The van der Waals surface area contributed by atoms with Gasteiger partial charge in [0, 0.05) is 9.13 Å². The van der Waals surface area contributed by atoms with Crippen molar-refractivity contribution in [1.82, 2.24) is 4.57 Å². The standard InChI is InChI=1S/C33H29BrClIN2O5S/c1-5-41-32(40)28-19(4)37-33-38(29(28)23-8-6-7-9-26(23)43-18(2)3)31(39)27(44-33)16-21-14-24(34)30(25(35)15-21)42-17-20-10-12-22(36)13-11-20/h6-16,18,29H,5,17H2,1-4H3/b27-16+/t29-/m1/s1. The van der Waals surface area contributed by atoms with Crippen LogP contribution in [0.15, 0.2) is 86.2 Å². The van der Waals surface area contributed by atoms with E-state index < -0.39 is 12.0 Å². The van der Waals surface area contributed by atoms with Crippen LogP contribution in [0.1, 0.15) is 50.4 Å². The summed E-state index contributed by atoms with van der Waals surface area (Å²) in [6.45, 7) is 7.91. The van der Waals surface area contributed by atoms with Crippen molar-refractivity contribution in [2.24, 2.45) is 4.99 Å². The van der Waals surface area contributed by atoms with Gasteiger partial charge in [-0.05, 0) is 114 Å². The number of thiazole rings is 1. The highest BCUT2D eigenvalue weighted by Gasteiger charge is 2.35. The van der Waals surface area contributed by atoms with Crippen molar-refractivity contribution in [1.29, 1.82) is 0 Å². The van der Waals surface area contributed by atoms with Crippen molar-refractivity contribution in [2.45, 2.75) is 46.4 Å². The Morgan fingerprint density at radius 1 is 1.18 bits per heavy atom. The van der Waals surface area contributed by atoms with E-state index in [-0.39, 0.29) is 18.3 Å². The number of aromatic nitrogens is 1. The normalized spacial score (nSPS) is 14.8. The largest absolute Gasteiger partial charge is 0.491 e. The van der Waals surface area contributed by atoms with Gasteiger partial charge in [-0.3, -0.25) is 9.36 Å². The van der Waals surface area contributed by atoms with Gasteiger partial charge in [0.25, 0.3) is 5.56 Å². The lowest BCUT2D eigenvalue weighted by Crippen LogP contribution is -2.40. The summed E-state index contributed by atoms with van der Waals surface area (Å²) in [6.07, 6.45) is 1.65. The molecule has 1 atom stereocenters. The minimum absolute atomic E-state index is 0.116. The molecule has 7 nitrogen and oxygen atoms in total. The Balaban J connectivity index is 1.58. The summed E-state index contributed by atoms with van der Waals surface area (Å²) < 4.78 is 21.3. The Kier molecular flexibility index (Phi) is 10.3. The average Bonchev–Trinajstić information content (AvgIpc) is 3.26. The third-order valence-corrected chi connectivity index (χ3v) is 9.28. The smallest absolute Gasteiger partial charge is 0.338 e. The van der Waals surface area contributed by atoms with Gasteiger partial charge >= 0.3 is 5.97 Å². The quantitative estimate of drug-likeness (QED) is 0.132. The molecule has 2 heterocycles. The van der Waals surface area contributed by atoms with Crippen molar-refractivity contribution in [3.05, 3.63) is 121 Å². The van der Waals surface area contributed by atoms with E-state index in [2.05, 4.69) is 43.5 Å². The number of nitrogens with zero attached hydrogens (tertiary/aromatic N) is 2. The monoisotopic (exact) mass is 806 g/mol. The fourth-order valence-corrected chi connectivity index (χ4v) is 7.24. The highest BCUT2D eigenvalue weighted by Crippen LogP contribution is 2.37. The predicted octanol–water partition coefficient (Wildman–Crippen LogP) is 7.19. The number of carbonyl (C=O) groups is 1. The van der Waals surface area contributed by atoms with Crippen molar-refractivity contribution in [2.75, 3.05) is 6.61 Å². The number of hydrogen-bond acceptors (Lipinski definition) is 7. The fraction of sp³-hybridized carbons (Fsp3) is 0.242. The van der Waals surface area contributed by atoms with Crippen LogP contribution in [-0.4, -0.2) is 23.2 Å². The van der Waals surface area contributed by atoms with Gasteiger partial charge in [-0.1, -0.05) is 53.3 Å². The lowest BCUT2D eigenvalue weighted by molar-refractivity contribution is -0.139. The number of carbonyl (C=O) groups excluding carboxylic acids is 1. The third kappa shape index (κ3) is 6.98. The summed E-state index contributed by atoms with van der Waals surface area (Å²) in [5.41, 5.74) is 2.89. The summed E-state index contributed by atoms with van der Waals surface area (Å²) in [5.74, 6) is 0.569. The van der Waals surface area contributed by atoms with Crippen LogP contribution in [0.4, 0.5) is 0 Å². The Morgan fingerprint density at radius 3 is 2.59 bits per heavy atom. The molecule has 1 aliphatic heterocycles. The summed E-state index contributed by atoms with van der Waals surface area (Å²) >= 11 is 13.7. The number of allylic oxidation sites excluding steroid dienone is 1. The Bertz CT molecular complexity index is 1910. The van der Waals surface area contributed by atoms with Crippen LogP contribution in [0, 0.1) is 3.57 Å². The topological polar surface area (TPSA) is 79.1 Å². The highest BCUT2D eigenvalue weighted by molar-refractivity contribution is 14.1. The second-order valence-corrected chi connectivity index (χ2v) is 13.8.